The molecule has 18 heavy (non-hydrogen) atoms. The van der Waals surface area contributed by atoms with E-state index in [0.717, 1.165) is 0 Å². The van der Waals surface area contributed by atoms with Crippen LogP contribution >= 0.6 is 0 Å². The zero-order valence-corrected chi connectivity index (χ0v) is 11.0. The number of hydrogen-bond donors (Lipinski definition) is 2. The number of hydrogen-bond acceptors (Lipinski definition) is 4. The van der Waals surface area contributed by atoms with E-state index in [1.54, 1.807) is 38.1 Å². The van der Waals surface area contributed by atoms with Gasteiger partial charge in [0.2, 0.25) is 0 Å². The Hall–Kier alpha value is -1.59. The fourth-order valence-corrected chi connectivity index (χ4v) is 1.71. The number of benzene rings is 1. The Morgan fingerprint density at radius 3 is 2.78 bits per heavy atom. The molecule has 1 atom stereocenters. The van der Waals surface area contributed by atoms with Gasteiger partial charge >= 0.3 is 0 Å². The van der Waals surface area contributed by atoms with Crippen LogP contribution in [0, 0.1) is 6.92 Å². The number of amides is 1. The Bertz CT molecular complexity index is 421. The quantitative estimate of drug-likeness (QED) is 0.810. The molecule has 0 aromatic heterocycles. The van der Waals surface area contributed by atoms with Crippen molar-refractivity contribution in [3.63, 3.8) is 0 Å². The normalized spacial score (nSPS) is 12.2. The number of phenols is 1. The first-order chi connectivity index (χ1) is 8.45. The van der Waals surface area contributed by atoms with Gasteiger partial charge in [-0.25, -0.2) is 0 Å². The third kappa shape index (κ3) is 3.72. The molecule has 0 heterocycles. The summed E-state index contributed by atoms with van der Waals surface area (Å²) in [6, 6.07) is 4.58. The van der Waals surface area contributed by atoms with Gasteiger partial charge in [-0.2, -0.15) is 0 Å². The van der Waals surface area contributed by atoms with Gasteiger partial charge in [0.1, 0.15) is 5.75 Å². The van der Waals surface area contributed by atoms with E-state index < -0.39 is 0 Å². The third-order valence-corrected chi connectivity index (χ3v) is 2.68. The Labute approximate surface area is 107 Å². The van der Waals surface area contributed by atoms with Crippen LogP contribution in [0.15, 0.2) is 18.2 Å². The van der Waals surface area contributed by atoms with E-state index in [2.05, 4.69) is 0 Å². The Kier molecular flexibility index (Phi) is 5.12. The van der Waals surface area contributed by atoms with E-state index in [0.29, 0.717) is 24.3 Å². The van der Waals surface area contributed by atoms with Crippen molar-refractivity contribution in [1.82, 2.24) is 4.90 Å². The number of phenolic OH excluding ortho intramolecular Hbond substituents is 1. The van der Waals surface area contributed by atoms with Gasteiger partial charge in [-0.15, -0.1) is 0 Å². The lowest BCUT2D eigenvalue weighted by Gasteiger charge is -2.21. The van der Waals surface area contributed by atoms with Crippen LogP contribution in [0.4, 0.5) is 0 Å². The van der Waals surface area contributed by atoms with Gasteiger partial charge in [-0.05, 0) is 30.7 Å². The van der Waals surface area contributed by atoms with E-state index in [9.17, 15) is 9.90 Å². The molecular formula is C13H20N2O3. The number of carbonyl (C=O) groups is 1. The van der Waals surface area contributed by atoms with Crippen LogP contribution in [0.2, 0.25) is 0 Å². The van der Waals surface area contributed by atoms with Gasteiger partial charge in [0.05, 0.1) is 6.61 Å². The molecule has 1 aromatic carbocycles. The van der Waals surface area contributed by atoms with Crippen LogP contribution in [-0.2, 0) is 4.74 Å². The average Bonchev–Trinajstić information content (AvgIpc) is 2.32. The number of aromatic hydroxyl groups is 1. The molecule has 0 bridgehead atoms. The summed E-state index contributed by atoms with van der Waals surface area (Å²) >= 11 is 0. The maximum atomic E-state index is 12.1. The standard InChI is InChI=1S/C13H20N2O3/c1-9-6-10(4-5-12(9)16)13(17)15(2)7-11(14)8-18-3/h4-6,11,16H,7-8,14H2,1-3H3. The molecule has 0 aliphatic heterocycles. The van der Waals surface area contributed by atoms with Crippen LogP contribution in [0.3, 0.4) is 0 Å². The summed E-state index contributed by atoms with van der Waals surface area (Å²) in [4.78, 5) is 13.6. The van der Waals surface area contributed by atoms with Gasteiger partial charge in [0.25, 0.3) is 5.91 Å². The molecule has 3 N–H and O–H groups in total. The second kappa shape index (κ2) is 6.37. The van der Waals surface area contributed by atoms with Crippen LogP contribution in [0.1, 0.15) is 15.9 Å². The molecule has 1 rings (SSSR count). The Balaban J connectivity index is 2.71. The molecule has 0 spiro atoms. The summed E-state index contributed by atoms with van der Waals surface area (Å²) in [6.45, 7) is 2.58. The topological polar surface area (TPSA) is 75.8 Å². The Morgan fingerprint density at radius 1 is 1.56 bits per heavy atom. The van der Waals surface area contributed by atoms with Crippen LogP contribution < -0.4 is 5.73 Å². The smallest absolute Gasteiger partial charge is 0.253 e. The highest BCUT2D eigenvalue weighted by Gasteiger charge is 2.15. The van der Waals surface area contributed by atoms with Crippen LogP contribution in [0.5, 0.6) is 5.75 Å². The number of ether oxygens (including phenoxy) is 1. The van der Waals surface area contributed by atoms with Crippen molar-refractivity contribution in [2.45, 2.75) is 13.0 Å². The van der Waals surface area contributed by atoms with E-state index in [1.165, 1.54) is 6.07 Å². The molecule has 100 valence electrons. The highest BCUT2D eigenvalue weighted by atomic mass is 16.5. The van der Waals surface area contributed by atoms with Crippen molar-refractivity contribution >= 4 is 5.91 Å². The highest BCUT2D eigenvalue weighted by molar-refractivity contribution is 5.94. The Morgan fingerprint density at radius 2 is 2.22 bits per heavy atom. The summed E-state index contributed by atoms with van der Waals surface area (Å²) < 4.78 is 4.93. The van der Waals surface area contributed by atoms with Crippen molar-refractivity contribution < 1.29 is 14.6 Å². The number of methoxy groups -OCH3 is 1. The van der Waals surface area contributed by atoms with E-state index in [4.69, 9.17) is 10.5 Å². The SMILES string of the molecule is COCC(N)CN(C)C(=O)c1ccc(O)c(C)c1. The summed E-state index contributed by atoms with van der Waals surface area (Å²) in [6.07, 6.45) is 0. The molecule has 5 heteroatoms. The first-order valence-electron chi connectivity index (χ1n) is 5.75. The molecule has 1 unspecified atom stereocenters. The van der Waals surface area contributed by atoms with Gasteiger partial charge in [-0.1, -0.05) is 0 Å². The molecule has 0 aliphatic carbocycles. The fraction of sp³-hybridized carbons (Fsp3) is 0.462. The molecule has 0 fully saturated rings. The number of carbonyl (C=O) groups excluding carboxylic acids is 1. The average molecular weight is 252 g/mol. The van der Waals surface area contributed by atoms with Crippen molar-refractivity contribution in [3.05, 3.63) is 29.3 Å². The maximum Gasteiger partial charge on any atom is 0.253 e. The fourth-order valence-electron chi connectivity index (χ4n) is 1.71. The number of nitrogens with two attached hydrogens (primary N) is 1. The molecule has 5 nitrogen and oxygen atoms in total. The van der Waals surface area contributed by atoms with E-state index in [1.807, 2.05) is 0 Å². The van der Waals surface area contributed by atoms with Gasteiger partial charge in [-0.3, -0.25) is 4.79 Å². The molecular weight excluding hydrogens is 232 g/mol. The highest BCUT2D eigenvalue weighted by Crippen LogP contribution is 2.17. The number of likely N-dealkylation sites (N-methyl/N-ethyl adjacent to an activating group) is 1. The van der Waals surface area contributed by atoms with Crippen molar-refractivity contribution in [2.75, 3.05) is 27.3 Å². The molecule has 0 saturated carbocycles. The number of nitrogens with zero attached hydrogens (tertiary/aromatic N) is 1. The number of aryl methyl sites for hydroxylation is 1. The third-order valence-electron chi connectivity index (χ3n) is 2.68. The lowest BCUT2D eigenvalue weighted by Crippen LogP contribution is -2.41. The summed E-state index contributed by atoms with van der Waals surface area (Å²) in [5.74, 6) is 0.0648. The van der Waals surface area contributed by atoms with Crippen LogP contribution in [-0.4, -0.2) is 49.3 Å². The predicted octanol–water partition coefficient (Wildman–Crippen LogP) is 0.746. The first kappa shape index (κ1) is 14.5. The number of rotatable bonds is 5. The minimum absolute atomic E-state index is 0.121. The molecule has 1 aromatic rings. The molecule has 0 radical (unpaired) electrons. The van der Waals surface area contributed by atoms with Gasteiger partial charge in [0, 0.05) is 32.3 Å². The zero-order valence-electron chi connectivity index (χ0n) is 11.0. The van der Waals surface area contributed by atoms with Crippen molar-refractivity contribution in [3.8, 4) is 5.75 Å². The largest absolute Gasteiger partial charge is 0.508 e. The molecule has 0 aliphatic rings. The summed E-state index contributed by atoms with van der Waals surface area (Å²) in [5.41, 5.74) is 7.01. The van der Waals surface area contributed by atoms with E-state index in [-0.39, 0.29) is 17.7 Å². The summed E-state index contributed by atoms with van der Waals surface area (Å²) in [5, 5.41) is 9.42. The molecule has 0 saturated heterocycles. The van der Waals surface area contributed by atoms with Crippen LogP contribution in [0.25, 0.3) is 0 Å². The van der Waals surface area contributed by atoms with E-state index >= 15 is 0 Å². The lowest BCUT2D eigenvalue weighted by molar-refractivity contribution is 0.0764. The van der Waals surface area contributed by atoms with Gasteiger partial charge in [0.15, 0.2) is 0 Å². The zero-order chi connectivity index (χ0) is 13.7. The minimum Gasteiger partial charge on any atom is -0.508 e. The molecule has 1 amide bonds. The first-order valence-corrected chi connectivity index (χ1v) is 5.75. The predicted molar refractivity (Wildman–Crippen MR) is 69.7 cm³/mol. The maximum absolute atomic E-state index is 12.1. The van der Waals surface area contributed by atoms with Crippen molar-refractivity contribution in [2.24, 2.45) is 5.73 Å². The summed E-state index contributed by atoms with van der Waals surface area (Å²) in [7, 11) is 3.27. The second-order valence-corrected chi connectivity index (χ2v) is 4.40. The van der Waals surface area contributed by atoms with Gasteiger partial charge < -0.3 is 20.5 Å². The second-order valence-electron chi connectivity index (χ2n) is 4.40. The van der Waals surface area contributed by atoms with Crippen molar-refractivity contribution in [1.29, 1.82) is 0 Å². The monoisotopic (exact) mass is 252 g/mol. The minimum atomic E-state index is -0.206. The lowest BCUT2D eigenvalue weighted by atomic mass is 10.1.